The van der Waals surface area contributed by atoms with Crippen LogP contribution in [0.25, 0.3) is 0 Å². The maximum atomic E-state index is 11.9. The number of carbonyl (C=O) groups is 2. The molecule has 0 radical (unpaired) electrons. The summed E-state index contributed by atoms with van der Waals surface area (Å²) in [7, 11) is 0. The molecule has 2 unspecified atom stereocenters. The molecule has 1 rings (SSSR count). The van der Waals surface area contributed by atoms with Gasteiger partial charge in [-0.05, 0) is 33.2 Å². The van der Waals surface area contributed by atoms with Gasteiger partial charge in [0, 0.05) is 19.1 Å². The molecular formula is C12H25ClN4O2. The maximum Gasteiger partial charge on any atom is 0.321 e. The first kappa shape index (κ1) is 18.1. The molecule has 4 N–H and O–H groups in total. The van der Waals surface area contributed by atoms with Gasteiger partial charge in [0.15, 0.2) is 0 Å². The highest BCUT2D eigenvalue weighted by Crippen LogP contribution is 2.18. The Balaban J connectivity index is 0.00000324. The summed E-state index contributed by atoms with van der Waals surface area (Å²) in [6.45, 7) is 5.55. The Morgan fingerprint density at radius 3 is 2.68 bits per heavy atom. The smallest absolute Gasteiger partial charge is 0.321 e. The number of rotatable bonds is 4. The van der Waals surface area contributed by atoms with Crippen LogP contribution in [0.2, 0.25) is 0 Å². The predicted octanol–water partition coefficient (Wildman–Crippen LogP) is 0.456. The molecule has 0 aromatic rings. The molecule has 112 valence electrons. The van der Waals surface area contributed by atoms with E-state index in [0.717, 1.165) is 25.8 Å². The van der Waals surface area contributed by atoms with E-state index in [1.165, 1.54) is 0 Å². The van der Waals surface area contributed by atoms with E-state index in [1.54, 1.807) is 0 Å². The normalized spacial score (nSPS) is 21.1. The summed E-state index contributed by atoms with van der Waals surface area (Å²) in [4.78, 5) is 25.3. The zero-order valence-corrected chi connectivity index (χ0v) is 12.5. The summed E-state index contributed by atoms with van der Waals surface area (Å²) in [6, 6.07) is -0.508. The molecule has 0 saturated carbocycles. The molecule has 3 amide bonds. The van der Waals surface area contributed by atoms with Crippen molar-refractivity contribution in [2.75, 3.05) is 19.6 Å². The molecule has 1 heterocycles. The van der Waals surface area contributed by atoms with Crippen molar-refractivity contribution in [3.05, 3.63) is 0 Å². The van der Waals surface area contributed by atoms with Crippen molar-refractivity contribution in [2.45, 2.75) is 45.2 Å². The van der Waals surface area contributed by atoms with E-state index in [1.807, 2.05) is 13.8 Å². The molecule has 0 aromatic heterocycles. The summed E-state index contributed by atoms with van der Waals surface area (Å²) in [5.74, 6) is -0.263. The van der Waals surface area contributed by atoms with Crippen molar-refractivity contribution < 1.29 is 9.59 Å². The van der Waals surface area contributed by atoms with Crippen LogP contribution in [0, 0.1) is 0 Å². The van der Waals surface area contributed by atoms with Gasteiger partial charge in [-0.3, -0.25) is 15.0 Å². The number of hydrogen-bond acceptors (Lipinski definition) is 4. The quantitative estimate of drug-likeness (QED) is 0.702. The van der Waals surface area contributed by atoms with Crippen molar-refractivity contribution in [1.29, 1.82) is 0 Å². The number of halogens is 1. The molecule has 1 aliphatic rings. The molecule has 7 heteroatoms. The van der Waals surface area contributed by atoms with Gasteiger partial charge < -0.3 is 11.1 Å². The lowest BCUT2D eigenvalue weighted by Crippen LogP contribution is -2.55. The van der Waals surface area contributed by atoms with E-state index in [0.29, 0.717) is 13.1 Å². The van der Waals surface area contributed by atoms with Crippen molar-refractivity contribution in [1.82, 2.24) is 15.5 Å². The van der Waals surface area contributed by atoms with Gasteiger partial charge >= 0.3 is 6.03 Å². The summed E-state index contributed by atoms with van der Waals surface area (Å²) in [6.07, 6.45) is 3.26. The van der Waals surface area contributed by atoms with Crippen molar-refractivity contribution in [3.63, 3.8) is 0 Å². The fourth-order valence-electron chi connectivity index (χ4n) is 2.36. The van der Waals surface area contributed by atoms with Crippen LogP contribution in [0.1, 0.15) is 33.1 Å². The van der Waals surface area contributed by atoms with Gasteiger partial charge in [0.25, 0.3) is 0 Å². The molecule has 19 heavy (non-hydrogen) atoms. The average Bonchev–Trinajstić information content (AvgIpc) is 2.38. The fourth-order valence-corrected chi connectivity index (χ4v) is 2.36. The first-order valence-electron chi connectivity index (χ1n) is 6.64. The largest absolute Gasteiger partial charge is 0.338 e. The molecule has 0 bridgehead atoms. The van der Waals surface area contributed by atoms with Crippen molar-refractivity contribution in [3.8, 4) is 0 Å². The number of likely N-dealkylation sites (tertiary alicyclic amines) is 1. The minimum atomic E-state index is -0.435. The number of carbonyl (C=O) groups excluding carboxylic acids is 2. The number of imide groups is 1. The van der Waals surface area contributed by atoms with Crippen LogP contribution in [0.15, 0.2) is 0 Å². The second-order valence-corrected chi connectivity index (χ2v) is 4.65. The van der Waals surface area contributed by atoms with Gasteiger partial charge in [-0.25, -0.2) is 4.79 Å². The molecule has 0 aliphatic carbocycles. The van der Waals surface area contributed by atoms with Crippen LogP contribution >= 0.6 is 12.4 Å². The Bertz CT molecular complexity index is 301. The number of hydrogen-bond donors (Lipinski definition) is 3. The van der Waals surface area contributed by atoms with Crippen LogP contribution < -0.4 is 16.4 Å². The third-order valence-corrected chi connectivity index (χ3v) is 3.40. The molecule has 1 fully saturated rings. The maximum absolute atomic E-state index is 11.9. The molecule has 0 spiro atoms. The van der Waals surface area contributed by atoms with Gasteiger partial charge in [0.1, 0.15) is 0 Å². The predicted molar refractivity (Wildman–Crippen MR) is 77.3 cm³/mol. The molecule has 0 aromatic carbocycles. The van der Waals surface area contributed by atoms with Crippen LogP contribution in [-0.4, -0.2) is 48.6 Å². The fraction of sp³-hybridized carbons (Fsp3) is 0.833. The lowest BCUT2D eigenvalue weighted by Gasteiger charge is -2.38. The van der Waals surface area contributed by atoms with Gasteiger partial charge in [-0.2, -0.15) is 0 Å². The average molecular weight is 293 g/mol. The Labute approximate surface area is 120 Å². The lowest BCUT2D eigenvalue weighted by atomic mass is 10.00. The Morgan fingerprint density at radius 2 is 2.11 bits per heavy atom. The summed E-state index contributed by atoms with van der Waals surface area (Å²) >= 11 is 0. The van der Waals surface area contributed by atoms with Gasteiger partial charge in [0.2, 0.25) is 5.91 Å². The van der Waals surface area contributed by atoms with Gasteiger partial charge in [-0.15, -0.1) is 12.4 Å². The second-order valence-electron chi connectivity index (χ2n) is 4.65. The van der Waals surface area contributed by atoms with Crippen molar-refractivity contribution in [2.24, 2.45) is 5.73 Å². The highest BCUT2D eigenvalue weighted by molar-refractivity contribution is 5.96. The Hall–Kier alpha value is -0.850. The monoisotopic (exact) mass is 292 g/mol. The summed E-state index contributed by atoms with van der Waals surface area (Å²) in [5, 5.41) is 4.90. The first-order chi connectivity index (χ1) is 8.60. The van der Waals surface area contributed by atoms with Gasteiger partial charge in [0.05, 0.1) is 6.04 Å². The van der Waals surface area contributed by atoms with E-state index in [4.69, 9.17) is 5.73 Å². The van der Waals surface area contributed by atoms with Gasteiger partial charge in [-0.1, -0.05) is 6.42 Å². The highest BCUT2D eigenvalue weighted by atomic mass is 35.5. The SMILES string of the molecule is CCNC(=O)NC(=O)C(C)N1CCCCC1CN.Cl. The zero-order valence-electron chi connectivity index (χ0n) is 11.6. The number of nitrogens with one attached hydrogen (secondary N) is 2. The first-order valence-corrected chi connectivity index (χ1v) is 6.64. The third-order valence-electron chi connectivity index (χ3n) is 3.40. The molecule has 1 saturated heterocycles. The van der Waals surface area contributed by atoms with E-state index in [9.17, 15) is 9.59 Å². The van der Waals surface area contributed by atoms with E-state index in [2.05, 4.69) is 15.5 Å². The number of nitrogens with two attached hydrogens (primary N) is 1. The number of nitrogens with zero attached hydrogens (tertiary/aromatic N) is 1. The molecule has 1 aliphatic heterocycles. The number of amides is 3. The molecule has 6 nitrogen and oxygen atoms in total. The molecular weight excluding hydrogens is 268 g/mol. The summed E-state index contributed by atoms with van der Waals surface area (Å²) < 4.78 is 0. The number of urea groups is 1. The van der Waals surface area contributed by atoms with E-state index in [-0.39, 0.29) is 30.4 Å². The Morgan fingerprint density at radius 1 is 1.42 bits per heavy atom. The Kier molecular flexibility index (Phi) is 8.71. The van der Waals surface area contributed by atoms with Crippen LogP contribution in [0.5, 0.6) is 0 Å². The van der Waals surface area contributed by atoms with E-state index >= 15 is 0 Å². The van der Waals surface area contributed by atoms with E-state index < -0.39 is 6.03 Å². The molecule has 2 atom stereocenters. The van der Waals surface area contributed by atoms with Crippen LogP contribution in [-0.2, 0) is 4.79 Å². The van der Waals surface area contributed by atoms with Crippen LogP contribution in [0.4, 0.5) is 4.79 Å². The zero-order chi connectivity index (χ0) is 13.5. The third kappa shape index (κ3) is 5.34. The minimum Gasteiger partial charge on any atom is -0.338 e. The van der Waals surface area contributed by atoms with Crippen LogP contribution in [0.3, 0.4) is 0 Å². The van der Waals surface area contributed by atoms with Crippen molar-refractivity contribution >= 4 is 24.3 Å². The highest BCUT2D eigenvalue weighted by Gasteiger charge is 2.29. The topological polar surface area (TPSA) is 87.5 Å². The number of piperidine rings is 1. The minimum absolute atomic E-state index is 0. The second kappa shape index (κ2) is 9.12. The summed E-state index contributed by atoms with van der Waals surface area (Å²) in [5.41, 5.74) is 5.73. The standard InChI is InChI=1S/C12H24N4O2.ClH/c1-3-14-12(18)15-11(17)9(2)16-7-5-4-6-10(16)8-13;/h9-10H,3-8,13H2,1-2H3,(H2,14,15,17,18);1H. The lowest BCUT2D eigenvalue weighted by molar-refractivity contribution is -0.126.